The first-order chi connectivity index (χ1) is 15.3. The molecule has 4 N–H and O–H groups in total. The van der Waals surface area contributed by atoms with Crippen molar-refractivity contribution in [2.45, 2.75) is 49.7 Å². The van der Waals surface area contributed by atoms with Crippen LogP contribution in [-0.4, -0.2) is 59.6 Å². The lowest BCUT2D eigenvalue weighted by molar-refractivity contribution is 0.273. The summed E-state index contributed by atoms with van der Waals surface area (Å²) in [5.74, 6) is 0.251. The lowest BCUT2D eigenvalue weighted by Gasteiger charge is -2.23. The highest BCUT2D eigenvalue weighted by atomic mass is 32.2. The Kier molecular flexibility index (Phi) is 6.66. The maximum absolute atomic E-state index is 12.2. The first kappa shape index (κ1) is 22.5. The molecule has 1 unspecified atom stereocenters. The van der Waals surface area contributed by atoms with Gasteiger partial charge in [0, 0.05) is 24.2 Å². The number of nitrogens with two attached hydrogens (primary N) is 1. The molecule has 32 heavy (non-hydrogen) atoms. The molecule has 170 valence electrons. The lowest BCUT2D eigenvalue weighted by atomic mass is 9.98. The number of hydrogen-bond acceptors (Lipinski definition) is 7. The van der Waals surface area contributed by atoms with Crippen molar-refractivity contribution < 1.29 is 8.42 Å². The average molecular weight is 456 g/mol. The first-order valence-corrected chi connectivity index (χ1v) is 12.3. The number of aromatic nitrogens is 4. The number of benzene rings is 2. The molecule has 0 aliphatic carbocycles. The summed E-state index contributed by atoms with van der Waals surface area (Å²) in [6.45, 7) is 4.20. The van der Waals surface area contributed by atoms with Crippen LogP contribution in [0.5, 0.6) is 0 Å². The van der Waals surface area contributed by atoms with Crippen LogP contribution in [0.4, 0.5) is 0 Å². The van der Waals surface area contributed by atoms with Crippen LogP contribution in [0.15, 0.2) is 47.4 Å². The van der Waals surface area contributed by atoms with Crippen molar-refractivity contribution in [3.05, 3.63) is 48.0 Å². The highest BCUT2D eigenvalue weighted by molar-refractivity contribution is 7.89. The summed E-state index contributed by atoms with van der Waals surface area (Å²) in [7, 11) is -1.75. The summed E-state index contributed by atoms with van der Waals surface area (Å²) in [6.07, 6.45) is 3.70. The fourth-order valence-corrected chi connectivity index (χ4v) is 5.14. The van der Waals surface area contributed by atoms with Crippen LogP contribution in [0.2, 0.25) is 0 Å². The van der Waals surface area contributed by atoms with Gasteiger partial charge in [0.05, 0.1) is 4.90 Å². The number of rotatable bonds is 8. The minimum absolute atomic E-state index is 0.0231. The molecule has 2 atom stereocenters. The zero-order chi connectivity index (χ0) is 22.7. The molecule has 9 nitrogen and oxygen atoms in total. The normalized spacial score (nSPS) is 18.2. The summed E-state index contributed by atoms with van der Waals surface area (Å²) in [5, 5.41) is 22.8. The van der Waals surface area contributed by atoms with Crippen LogP contribution in [0.3, 0.4) is 0 Å². The molecule has 0 amide bonds. The van der Waals surface area contributed by atoms with Gasteiger partial charge in [0.1, 0.15) is 0 Å². The van der Waals surface area contributed by atoms with Gasteiger partial charge in [0.25, 0.3) is 0 Å². The smallest absolute Gasteiger partial charge is 0.238 e. The van der Waals surface area contributed by atoms with Gasteiger partial charge in [0.2, 0.25) is 10.0 Å². The van der Waals surface area contributed by atoms with Crippen LogP contribution in [0.1, 0.15) is 31.7 Å². The number of sulfonamides is 1. The Labute approximate surface area is 188 Å². The van der Waals surface area contributed by atoms with Gasteiger partial charge in [-0.3, -0.25) is 0 Å². The van der Waals surface area contributed by atoms with Crippen molar-refractivity contribution in [3.8, 4) is 22.5 Å². The molecule has 0 bridgehead atoms. The van der Waals surface area contributed by atoms with Gasteiger partial charge in [0.15, 0.2) is 5.82 Å². The van der Waals surface area contributed by atoms with Crippen LogP contribution < -0.4 is 10.5 Å². The molecule has 1 aromatic heterocycles. The van der Waals surface area contributed by atoms with Crippen molar-refractivity contribution in [2.24, 2.45) is 5.14 Å². The number of hydrogen-bond donors (Lipinski definition) is 3. The molecule has 0 spiro atoms. The molecule has 2 aromatic carbocycles. The van der Waals surface area contributed by atoms with Crippen LogP contribution in [-0.2, 0) is 16.6 Å². The van der Waals surface area contributed by atoms with E-state index in [9.17, 15) is 8.42 Å². The summed E-state index contributed by atoms with van der Waals surface area (Å²) >= 11 is 0. The standard InChI is InChI=1S/C22H29N7O2S/c1-15(13-18-5-4-12-29(18)2)24-14-16-8-10-17(11-9-16)19-6-3-7-20(32(23,30)31)21(19)22-25-27-28-26-22/h3,6-11,15,18,24H,4-5,12-14H2,1-2H3,(H2,23,30,31)(H,25,26,27,28)/t15?,18-/m0/s1. The molecule has 3 aromatic rings. The second-order valence-electron chi connectivity index (χ2n) is 8.46. The molecule has 4 rings (SSSR count). The molecular weight excluding hydrogens is 426 g/mol. The van der Waals surface area contributed by atoms with E-state index in [0.717, 1.165) is 24.1 Å². The molecule has 2 heterocycles. The van der Waals surface area contributed by atoms with Crippen molar-refractivity contribution in [3.63, 3.8) is 0 Å². The zero-order valence-electron chi connectivity index (χ0n) is 18.3. The summed E-state index contributed by atoms with van der Waals surface area (Å²) < 4.78 is 24.3. The molecule has 0 radical (unpaired) electrons. The number of tetrazole rings is 1. The Hall–Kier alpha value is -2.66. The molecule has 1 saturated heterocycles. The van der Waals surface area contributed by atoms with Crippen LogP contribution >= 0.6 is 0 Å². The second kappa shape index (κ2) is 9.45. The fraction of sp³-hybridized carbons (Fsp3) is 0.409. The van der Waals surface area contributed by atoms with E-state index < -0.39 is 10.0 Å². The van der Waals surface area contributed by atoms with Gasteiger partial charge in [-0.25, -0.2) is 18.7 Å². The van der Waals surface area contributed by atoms with E-state index in [4.69, 9.17) is 5.14 Å². The third-order valence-electron chi connectivity index (χ3n) is 6.13. The van der Waals surface area contributed by atoms with Gasteiger partial charge in [-0.05, 0) is 73.0 Å². The number of primary sulfonamides is 1. The molecular formula is C22H29N7O2S. The Morgan fingerprint density at radius 1 is 1.25 bits per heavy atom. The Morgan fingerprint density at radius 2 is 2.03 bits per heavy atom. The van der Waals surface area contributed by atoms with Crippen LogP contribution in [0, 0.1) is 0 Å². The van der Waals surface area contributed by atoms with Gasteiger partial charge < -0.3 is 10.2 Å². The molecule has 1 aliphatic rings. The second-order valence-corrected chi connectivity index (χ2v) is 9.99. The summed E-state index contributed by atoms with van der Waals surface area (Å²) in [6, 6.07) is 14.1. The van der Waals surface area contributed by atoms with Crippen molar-refractivity contribution in [1.29, 1.82) is 0 Å². The van der Waals surface area contributed by atoms with Crippen LogP contribution in [0.25, 0.3) is 22.5 Å². The minimum Gasteiger partial charge on any atom is -0.310 e. The maximum atomic E-state index is 12.2. The Morgan fingerprint density at radius 3 is 2.66 bits per heavy atom. The highest BCUT2D eigenvalue weighted by Crippen LogP contribution is 2.34. The monoisotopic (exact) mass is 455 g/mol. The third kappa shape index (κ3) is 5.04. The van der Waals surface area contributed by atoms with Gasteiger partial charge in [-0.1, -0.05) is 36.4 Å². The number of nitrogens with one attached hydrogen (secondary N) is 2. The predicted octanol–water partition coefficient (Wildman–Crippen LogP) is 2.14. The van der Waals surface area contributed by atoms with Crippen molar-refractivity contribution in [1.82, 2.24) is 30.8 Å². The number of nitrogens with zero attached hydrogens (tertiary/aromatic N) is 4. The topological polar surface area (TPSA) is 130 Å². The Balaban J connectivity index is 1.52. The van der Waals surface area contributed by atoms with Gasteiger partial charge >= 0.3 is 0 Å². The first-order valence-electron chi connectivity index (χ1n) is 10.8. The van der Waals surface area contributed by atoms with E-state index in [2.05, 4.69) is 44.8 Å². The molecule has 0 saturated carbocycles. The maximum Gasteiger partial charge on any atom is 0.238 e. The highest BCUT2D eigenvalue weighted by Gasteiger charge is 2.23. The lowest BCUT2D eigenvalue weighted by Crippen LogP contribution is -2.34. The van der Waals surface area contributed by atoms with E-state index in [1.54, 1.807) is 6.07 Å². The largest absolute Gasteiger partial charge is 0.310 e. The van der Waals surface area contributed by atoms with Crippen molar-refractivity contribution >= 4 is 10.0 Å². The number of aromatic amines is 1. The minimum atomic E-state index is -3.96. The summed E-state index contributed by atoms with van der Waals surface area (Å²) in [4.78, 5) is 2.43. The number of H-pyrrole nitrogens is 1. The number of likely N-dealkylation sites (tertiary alicyclic amines) is 1. The third-order valence-corrected chi connectivity index (χ3v) is 7.08. The van der Waals surface area contributed by atoms with E-state index >= 15 is 0 Å². The van der Waals surface area contributed by atoms with Gasteiger partial charge in [-0.2, -0.15) is 0 Å². The molecule has 1 aliphatic heterocycles. The molecule has 1 fully saturated rings. The Bertz CT molecular complexity index is 1150. The molecule has 10 heteroatoms. The van der Waals surface area contributed by atoms with E-state index in [-0.39, 0.29) is 10.7 Å². The van der Waals surface area contributed by atoms with Gasteiger partial charge in [-0.15, -0.1) is 5.10 Å². The predicted molar refractivity (Wildman–Crippen MR) is 123 cm³/mol. The van der Waals surface area contributed by atoms with E-state index in [0.29, 0.717) is 23.2 Å². The fourth-order valence-electron chi connectivity index (χ4n) is 4.38. The van der Waals surface area contributed by atoms with E-state index in [1.165, 1.54) is 25.5 Å². The summed E-state index contributed by atoms with van der Waals surface area (Å²) in [5.41, 5.74) is 3.06. The van der Waals surface area contributed by atoms with E-state index in [1.807, 2.05) is 30.3 Å². The SMILES string of the molecule is CC(C[C@@H]1CCCN1C)NCc1ccc(-c2cccc(S(N)(=O)=O)c2-c2nnn[nH]2)cc1. The quantitative estimate of drug-likeness (QED) is 0.474. The average Bonchev–Trinajstić information content (AvgIpc) is 3.44. The zero-order valence-corrected chi connectivity index (χ0v) is 19.1. The van der Waals surface area contributed by atoms with Crippen molar-refractivity contribution in [2.75, 3.05) is 13.6 Å².